The standard InChI is InChI=1S/C22H20N2O2/c23-15-14-22(24)18-6-8-20(9-7-18)26-21-12-10-19(11-13-21)25-16-17-4-2-1-3-5-17/h1-15,23H,16,24H2/b22-14-,23-15?. The highest BCUT2D eigenvalue weighted by atomic mass is 16.5. The van der Waals surface area contributed by atoms with Crippen molar-refractivity contribution in [2.45, 2.75) is 6.61 Å². The fourth-order valence-electron chi connectivity index (χ4n) is 2.38. The first-order valence-corrected chi connectivity index (χ1v) is 8.26. The Bertz CT molecular complexity index is 870. The van der Waals surface area contributed by atoms with Gasteiger partial charge in [0.2, 0.25) is 0 Å². The molecule has 0 saturated carbocycles. The third kappa shape index (κ3) is 4.74. The van der Waals surface area contributed by atoms with E-state index in [1.165, 1.54) is 6.21 Å². The molecule has 0 radical (unpaired) electrons. The molecule has 4 heteroatoms. The number of rotatable bonds is 7. The second-order valence-electron chi connectivity index (χ2n) is 5.66. The van der Waals surface area contributed by atoms with Crippen LogP contribution in [0.3, 0.4) is 0 Å². The van der Waals surface area contributed by atoms with E-state index in [0.29, 0.717) is 18.1 Å². The lowest BCUT2D eigenvalue weighted by Gasteiger charge is -2.09. The van der Waals surface area contributed by atoms with Crippen LogP contribution >= 0.6 is 0 Å². The Balaban J connectivity index is 1.58. The largest absolute Gasteiger partial charge is 0.489 e. The summed E-state index contributed by atoms with van der Waals surface area (Å²) in [6.45, 7) is 0.535. The predicted molar refractivity (Wildman–Crippen MR) is 105 cm³/mol. The number of ether oxygens (including phenoxy) is 2. The normalized spacial score (nSPS) is 11.0. The second-order valence-corrected chi connectivity index (χ2v) is 5.66. The maximum Gasteiger partial charge on any atom is 0.127 e. The maximum absolute atomic E-state index is 7.05. The number of hydrogen-bond acceptors (Lipinski definition) is 4. The molecule has 4 nitrogen and oxygen atoms in total. The zero-order chi connectivity index (χ0) is 18.2. The Morgan fingerprint density at radius 3 is 2.00 bits per heavy atom. The summed E-state index contributed by atoms with van der Waals surface area (Å²) in [5.41, 5.74) is 8.38. The van der Waals surface area contributed by atoms with Gasteiger partial charge in [-0.15, -0.1) is 0 Å². The van der Waals surface area contributed by atoms with Crippen molar-refractivity contribution in [3.8, 4) is 17.2 Å². The van der Waals surface area contributed by atoms with Gasteiger partial charge >= 0.3 is 0 Å². The summed E-state index contributed by atoms with van der Waals surface area (Å²) in [4.78, 5) is 0. The molecule has 0 amide bonds. The Labute approximate surface area is 153 Å². The van der Waals surface area contributed by atoms with Gasteiger partial charge in [0.15, 0.2) is 0 Å². The van der Waals surface area contributed by atoms with Gasteiger partial charge in [-0.25, -0.2) is 0 Å². The van der Waals surface area contributed by atoms with Gasteiger partial charge in [-0.1, -0.05) is 30.3 Å². The molecule has 0 fully saturated rings. The predicted octanol–water partition coefficient (Wildman–Crippen LogP) is 5.01. The van der Waals surface area contributed by atoms with Crippen LogP contribution in [0.1, 0.15) is 11.1 Å². The van der Waals surface area contributed by atoms with Crippen LogP contribution in [0.15, 0.2) is 84.9 Å². The van der Waals surface area contributed by atoms with Crippen molar-refractivity contribution >= 4 is 11.9 Å². The maximum atomic E-state index is 7.05. The van der Waals surface area contributed by atoms with Crippen LogP contribution in [0.2, 0.25) is 0 Å². The lowest BCUT2D eigenvalue weighted by atomic mass is 10.1. The average Bonchev–Trinajstić information content (AvgIpc) is 2.69. The van der Waals surface area contributed by atoms with Gasteiger partial charge in [-0.3, -0.25) is 0 Å². The number of nitrogens with one attached hydrogen (secondary N) is 1. The number of hydrogen-bond donors (Lipinski definition) is 2. The molecule has 3 rings (SSSR count). The van der Waals surface area contributed by atoms with E-state index in [9.17, 15) is 0 Å². The highest BCUT2D eigenvalue weighted by molar-refractivity contribution is 5.81. The van der Waals surface area contributed by atoms with Crippen LogP contribution in [0, 0.1) is 5.41 Å². The second kappa shape index (κ2) is 8.53. The van der Waals surface area contributed by atoms with E-state index in [2.05, 4.69) is 0 Å². The van der Waals surface area contributed by atoms with Crippen LogP contribution in [-0.2, 0) is 6.61 Å². The first-order chi connectivity index (χ1) is 12.7. The summed E-state index contributed by atoms with van der Waals surface area (Å²) in [5.74, 6) is 2.24. The van der Waals surface area contributed by atoms with E-state index in [-0.39, 0.29) is 0 Å². The van der Waals surface area contributed by atoms with E-state index in [1.54, 1.807) is 6.08 Å². The topological polar surface area (TPSA) is 68.3 Å². The number of nitrogens with two attached hydrogens (primary N) is 1. The van der Waals surface area contributed by atoms with Crippen LogP contribution in [0.4, 0.5) is 0 Å². The lowest BCUT2D eigenvalue weighted by Crippen LogP contribution is -1.96. The van der Waals surface area contributed by atoms with Crippen molar-refractivity contribution in [3.63, 3.8) is 0 Å². The zero-order valence-electron chi connectivity index (χ0n) is 14.3. The Hall–Kier alpha value is -3.53. The van der Waals surface area contributed by atoms with Crippen molar-refractivity contribution in [1.29, 1.82) is 5.41 Å². The molecule has 0 aliphatic carbocycles. The molecular formula is C22H20N2O2. The minimum atomic E-state index is 0.535. The highest BCUT2D eigenvalue weighted by Gasteiger charge is 2.01. The van der Waals surface area contributed by atoms with E-state index in [0.717, 1.165) is 22.6 Å². The summed E-state index contributed by atoms with van der Waals surface area (Å²) in [6, 6.07) is 25.0. The fourth-order valence-corrected chi connectivity index (χ4v) is 2.38. The van der Waals surface area contributed by atoms with Gasteiger partial charge in [0, 0.05) is 11.9 Å². The third-order valence-electron chi connectivity index (χ3n) is 3.76. The van der Waals surface area contributed by atoms with Crippen LogP contribution in [-0.4, -0.2) is 6.21 Å². The molecule has 0 unspecified atom stereocenters. The molecule has 3 N–H and O–H groups in total. The molecule has 130 valence electrons. The molecule has 3 aromatic rings. The monoisotopic (exact) mass is 344 g/mol. The highest BCUT2D eigenvalue weighted by Crippen LogP contribution is 2.25. The molecule has 0 saturated heterocycles. The van der Waals surface area contributed by atoms with Crippen LogP contribution < -0.4 is 15.2 Å². The fraction of sp³-hybridized carbons (Fsp3) is 0.0455. The van der Waals surface area contributed by atoms with Crippen molar-refractivity contribution in [1.82, 2.24) is 0 Å². The molecule has 0 spiro atoms. The Kier molecular flexibility index (Phi) is 5.68. The minimum absolute atomic E-state index is 0.535. The van der Waals surface area contributed by atoms with Crippen LogP contribution in [0.5, 0.6) is 17.2 Å². The van der Waals surface area contributed by atoms with Crippen LogP contribution in [0.25, 0.3) is 5.70 Å². The molecule has 0 aliphatic rings. The smallest absolute Gasteiger partial charge is 0.127 e. The van der Waals surface area contributed by atoms with Gasteiger partial charge in [0.05, 0.1) is 0 Å². The minimum Gasteiger partial charge on any atom is -0.489 e. The Morgan fingerprint density at radius 1 is 0.808 bits per heavy atom. The van der Waals surface area contributed by atoms with Crippen molar-refractivity contribution in [2.24, 2.45) is 5.73 Å². The summed E-state index contributed by atoms with van der Waals surface area (Å²) in [6.07, 6.45) is 2.71. The SMILES string of the molecule is N=C/C=C(\N)c1ccc(Oc2ccc(OCc3ccccc3)cc2)cc1. The van der Waals surface area contributed by atoms with Gasteiger partial charge in [-0.05, 0) is 65.7 Å². The molecule has 3 aromatic carbocycles. The molecule has 26 heavy (non-hydrogen) atoms. The van der Waals surface area contributed by atoms with Gasteiger partial charge in [0.25, 0.3) is 0 Å². The summed E-state index contributed by atoms with van der Waals surface area (Å²) in [5, 5.41) is 7.05. The van der Waals surface area contributed by atoms with Gasteiger partial charge in [-0.2, -0.15) is 0 Å². The van der Waals surface area contributed by atoms with E-state index >= 15 is 0 Å². The molecule has 0 atom stereocenters. The first-order valence-electron chi connectivity index (χ1n) is 8.26. The quantitative estimate of drug-likeness (QED) is 0.592. The van der Waals surface area contributed by atoms with E-state index in [4.69, 9.17) is 20.6 Å². The first kappa shape index (κ1) is 17.3. The van der Waals surface area contributed by atoms with Gasteiger partial charge < -0.3 is 20.6 Å². The number of allylic oxidation sites excluding steroid dienone is 1. The zero-order valence-corrected chi connectivity index (χ0v) is 14.3. The molecular weight excluding hydrogens is 324 g/mol. The van der Waals surface area contributed by atoms with Gasteiger partial charge in [0.1, 0.15) is 23.9 Å². The molecule has 0 aliphatic heterocycles. The molecule has 0 aromatic heterocycles. The van der Waals surface area contributed by atoms with Crippen molar-refractivity contribution in [3.05, 3.63) is 96.1 Å². The third-order valence-corrected chi connectivity index (χ3v) is 3.76. The van der Waals surface area contributed by atoms with E-state index < -0.39 is 0 Å². The summed E-state index contributed by atoms with van der Waals surface area (Å²) >= 11 is 0. The average molecular weight is 344 g/mol. The lowest BCUT2D eigenvalue weighted by molar-refractivity contribution is 0.306. The van der Waals surface area contributed by atoms with Crippen molar-refractivity contribution < 1.29 is 9.47 Å². The van der Waals surface area contributed by atoms with E-state index in [1.807, 2.05) is 78.9 Å². The summed E-state index contributed by atoms with van der Waals surface area (Å²) < 4.78 is 11.6. The van der Waals surface area contributed by atoms with Crippen molar-refractivity contribution in [2.75, 3.05) is 0 Å². The molecule has 0 bridgehead atoms. The number of benzene rings is 3. The Morgan fingerprint density at radius 2 is 1.38 bits per heavy atom. The summed E-state index contributed by atoms with van der Waals surface area (Å²) in [7, 11) is 0. The molecule has 0 heterocycles.